The largest absolute Gasteiger partial charge is 0.228 e. The van der Waals surface area contributed by atoms with E-state index in [0.717, 1.165) is 18.4 Å². The van der Waals surface area contributed by atoms with Crippen molar-refractivity contribution < 1.29 is 8.42 Å². The van der Waals surface area contributed by atoms with Crippen molar-refractivity contribution in [3.8, 4) is 0 Å². The van der Waals surface area contributed by atoms with Crippen molar-refractivity contribution in [3.63, 3.8) is 0 Å². The molecule has 0 fully saturated rings. The van der Waals surface area contributed by atoms with E-state index in [2.05, 4.69) is 38.1 Å². The fraction of sp³-hybridized carbons (Fsp3) is 0.500. The van der Waals surface area contributed by atoms with Gasteiger partial charge in [-0.3, -0.25) is 0 Å². The van der Waals surface area contributed by atoms with Crippen LogP contribution in [0.15, 0.2) is 36.4 Å². The number of sulfone groups is 1. The predicted molar refractivity (Wildman–Crippen MR) is 114 cm³/mol. The second-order valence-electron chi connectivity index (χ2n) is 9.11. The number of fused-ring (bicyclic) bond motifs is 1. The van der Waals surface area contributed by atoms with Crippen molar-refractivity contribution in [1.29, 1.82) is 0 Å². The highest BCUT2D eigenvalue weighted by Gasteiger charge is 2.28. The molecule has 2 aromatic carbocycles. The van der Waals surface area contributed by atoms with E-state index in [1.807, 2.05) is 12.1 Å². The average Bonchev–Trinajstić information content (AvgIpc) is 2.94. The molecular weight excluding hydrogens is 352 g/mol. The minimum atomic E-state index is -3.13. The molecule has 2 aromatic rings. The Morgan fingerprint density at radius 1 is 0.963 bits per heavy atom. The fourth-order valence-corrected chi connectivity index (χ4v) is 5.12. The molecule has 0 radical (unpaired) electrons. The van der Waals surface area contributed by atoms with Crippen LogP contribution < -0.4 is 0 Å². The zero-order valence-electron chi connectivity index (χ0n) is 17.3. The Morgan fingerprint density at radius 2 is 1.56 bits per heavy atom. The zero-order chi connectivity index (χ0) is 19.8. The summed E-state index contributed by atoms with van der Waals surface area (Å²) in [6, 6.07) is 12.8. The Kier molecular flexibility index (Phi) is 5.54. The minimum Gasteiger partial charge on any atom is -0.228 e. The molecule has 1 atom stereocenters. The standard InChI is InChI=1S/C24H32O2S/c1-17-6-13-22-15-21(14-18(2)23(17)22)12-9-19-7-10-20(11-8-19)16-27(25,26)24(3,4)5/h7-8,10-11,14-15,17H,6,9,12-13,16H2,1-5H3. The van der Waals surface area contributed by atoms with Crippen LogP contribution in [0, 0.1) is 6.92 Å². The molecule has 0 N–H and O–H groups in total. The van der Waals surface area contributed by atoms with Crippen LogP contribution in [0.3, 0.4) is 0 Å². The van der Waals surface area contributed by atoms with Crippen molar-refractivity contribution in [2.45, 2.75) is 76.7 Å². The lowest BCUT2D eigenvalue weighted by atomic mass is 9.93. The van der Waals surface area contributed by atoms with Crippen LogP contribution in [0.4, 0.5) is 0 Å². The number of aryl methyl sites for hydroxylation is 4. The van der Waals surface area contributed by atoms with Crippen molar-refractivity contribution in [2.24, 2.45) is 0 Å². The number of hydrogen-bond donors (Lipinski definition) is 0. The first-order valence-electron chi connectivity index (χ1n) is 9.99. The third-order valence-electron chi connectivity index (χ3n) is 5.89. The van der Waals surface area contributed by atoms with Crippen molar-refractivity contribution in [3.05, 3.63) is 69.8 Å². The Morgan fingerprint density at radius 3 is 2.19 bits per heavy atom. The van der Waals surface area contributed by atoms with Crippen LogP contribution in [-0.2, 0) is 34.9 Å². The number of hydrogen-bond acceptors (Lipinski definition) is 2. The first-order chi connectivity index (χ1) is 12.6. The van der Waals surface area contributed by atoms with E-state index in [1.165, 1.54) is 29.5 Å². The number of benzene rings is 2. The van der Waals surface area contributed by atoms with Crippen molar-refractivity contribution in [2.75, 3.05) is 0 Å². The third-order valence-corrected chi connectivity index (χ3v) is 8.47. The summed E-state index contributed by atoms with van der Waals surface area (Å²) in [7, 11) is -3.13. The highest BCUT2D eigenvalue weighted by atomic mass is 32.2. The molecule has 0 aromatic heterocycles. The van der Waals surface area contributed by atoms with Gasteiger partial charge in [-0.15, -0.1) is 0 Å². The van der Waals surface area contributed by atoms with Crippen LogP contribution in [-0.4, -0.2) is 13.2 Å². The first-order valence-corrected chi connectivity index (χ1v) is 11.6. The van der Waals surface area contributed by atoms with E-state index in [-0.39, 0.29) is 5.75 Å². The minimum absolute atomic E-state index is 0.110. The van der Waals surface area contributed by atoms with E-state index in [4.69, 9.17) is 0 Å². The Hall–Kier alpha value is -1.61. The van der Waals surface area contributed by atoms with Gasteiger partial charge in [-0.2, -0.15) is 0 Å². The highest BCUT2D eigenvalue weighted by molar-refractivity contribution is 7.91. The van der Waals surface area contributed by atoms with Gasteiger partial charge in [0.25, 0.3) is 0 Å². The maximum atomic E-state index is 12.4. The van der Waals surface area contributed by atoms with Gasteiger partial charge in [-0.1, -0.05) is 43.3 Å². The van der Waals surface area contributed by atoms with Gasteiger partial charge in [0.1, 0.15) is 0 Å². The van der Waals surface area contributed by atoms with E-state index >= 15 is 0 Å². The van der Waals surface area contributed by atoms with Gasteiger partial charge in [0.15, 0.2) is 9.84 Å². The molecule has 3 heteroatoms. The summed E-state index contributed by atoms with van der Waals surface area (Å²) in [4.78, 5) is 0. The van der Waals surface area contributed by atoms with E-state index in [0.29, 0.717) is 5.92 Å². The second-order valence-corrected chi connectivity index (χ2v) is 11.9. The van der Waals surface area contributed by atoms with Gasteiger partial charge < -0.3 is 0 Å². The molecular formula is C24H32O2S. The molecule has 1 aliphatic carbocycles. The fourth-order valence-electron chi connectivity index (χ4n) is 4.05. The molecule has 0 spiro atoms. The Bertz CT molecular complexity index is 916. The maximum absolute atomic E-state index is 12.4. The molecule has 0 amide bonds. The van der Waals surface area contributed by atoms with Crippen LogP contribution >= 0.6 is 0 Å². The predicted octanol–water partition coefficient (Wildman–Crippen LogP) is 5.54. The monoisotopic (exact) mass is 384 g/mol. The molecule has 1 unspecified atom stereocenters. The summed E-state index contributed by atoms with van der Waals surface area (Å²) >= 11 is 0. The summed E-state index contributed by atoms with van der Waals surface area (Å²) in [5, 5.41) is 0. The summed E-state index contributed by atoms with van der Waals surface area (Å²) in [5.74, 6) is 0.810. The van der Waals surface area contributed by atoms with Gasteiger partial charge in [0.2, 0.25) is 0 Å². The molecule has 1 aliphatic rings. The Labute approximate surface area is 164 Å². The number of rotatable bonds is 5. The lowest BCUT2D eigenvalue weighted by molar-refractivity contribution is 0.559. The van der Waals surface area contributed by atoms with Crippen molar-refractivity contribution in [1.82, 2.24) is 0 Å². The van der Waals surface area contributed by atoms with E-state index < -0.39 is 14.6 Å². The van der Waals surface area contributed by atoms with Gasteiger partial charge in [0.05, 0.1) is 10.5 Å². The molecule has 2 nitrogen and oxygen atoms in total. The SMILES string of the molecule is Cc1cc(CCc2ccc(CS(=O)(=O)C(C)(C)C)cc2)cc2c1C(C)CC2. The molecule has 0 aliphatic heterocycles. The summed E-state index contributed by atoms with van der Waals surface area (Å²) in [6.07, 6.45) is 4.50. The molecule has 0 saturated carbocycles. The molecule has 27 heavy (non-hydrogen) atoms. The topological polar surface area (TPSA) is 34.1 Å². The summed E-state index contributed by atoms with van der Waals surface area (Å²) in [5.41, 5.74) is 8.10. The van der Waals surface area contributed by atoms with Gasteiger partial charge in [-0.05, 0) is 92.7 Å². The van der Waals surface area contributed by atoms with Crippen molar-refractivity contribution >= 4 is 9.84 Å². The highest BCUT2D eigenvalue weighted by Crippen LogP contribution is 2.36. The van der Waals surface area contributed by atoms with Crippen LogP contribution in [0.5, 0.6) is 0 Å². The molecule has 0 saturated heterocycles. The van der Waals surface area contributed by atoms with Crippen LogP contribution in [0.25, 0.3) is 0 Å². The van der Waals surface area contributed by atoms with Gasteiger partial charge in [0, 0.05) is 0 Å². The zero-order valence-corrected chi connectivity index (χ0v) is 18.1. The van der Waals surface area contributed by atoms with Crippen LogP contribution in [0.1, 0.15) is 73.4 Å². The maximum Gasteiger partial charge on any atom is 0.159 e. The molecule has 0 bridgehead atoms. The lowest BCUT2D eigenvalue weighted by Gasteiger charge is -2.19. The normalized spacial score (nSPS) is 17.1. The second kappa shape index (κ2) is 7.43. The quantitative estimate of drug-likeness (QED) is 0.678. The molecule has 3 rings (SSSR count). The smallest absolute Gasteiger partial charge is 0.159 e. The third kappa shape index (κ3) is 4.45. The summed E-state index contributed by atoms with van der Waals surface area (Å²) in [6.45, 7) is 9.86. The van der Waals surface area contributed by atoms with E-state index in [9.17, 15) is 8.42 Å². The van der Waals surface area contributed by atoms with E-state index in [1.54, 1.807) is 31.9 Å². The Balaban J connectivity index is 1.65. The van der Waals surface area contributed by atoms with Gasteiger partial charge >= 0.3 is 0 Å². The molecule has 146 valence electrons. The molecule has 0 heterocycles. The average molecular weight is 385 g/mol. The lowest BCUT2D eigenvalue weighted by Crippen LogP contribution is -2.29. The van der Waals surface area contributed by atoms with Gasteiger partial charge in [-0.25, -0.2) is 8.42 Å². The van der Waals surface area contributed by atoms with Crippen LogP contribution in [0.2, 0.25) is 0 Å². The first kappa shape index (κ1) is 20.1. The summed E-state index contributed by atoms with van der Waals surface area (Å²) < 4.78 is 24.0.